The fraction of sp³-hybridized carbons (Fsp3) is 0.286. The number of thiophene rings is 1. The smallest absolute Gasteiger partial charge is 0.161 e. The molecule has 2 nitrogen and oxygen atoms in total. The molecule has 0 saturated heterocycles. The maximum atomic E-state index is 5.80. The predicted molar refractivity (Wildman–Crippen MR) is 79.1 cm³/mol. The molecule has 0 bridgehead atoms. The quantitative estimate of drug-likeness (QED) is 0.738. The summed E-state index contributed by atoms with van der Waals surface area (Å²) in [5.74, 6) is 1.59. The van der Waals surface area contributed by atoms with Gasteiger partial charge in [-0.3, -0.25) is 0 Å². The van der Waals surface area contributed by atoms with Crippen LogP contribution in [0.3, 0.4) is 0 Å². The van der Waals surface area contributed by atoms with Gasteiger partial charge in [-0.05, 0) is 29.1 Å². The van der Waals surface area contributed by atoms with Gasteiger partial charge in [0.25, 0.3) is 0 Å². The lowest BCUT2D eigenvalue weighted by Gasteiger charge is -2.11. The van der Waals surface area contributed by atoms with E-state index in [0.717, 1.165) is 23.2 Å². The van der Waals surface area contributed by atoms with Gasteiger partial charge in [-0.15, -0.1) is 11.3 Å². The number of alkyl halides is 1. The highest BCUT2D eigenvalue weighted by atomic mass is 79.9. The van der Waals surface area contributed by atoms with Crippen LogP contribution in [-0.2, 0) is 11.8 Å². The second kappa shape index (κ2) is 6.81. The van der Waals surface area contributed by atoms with Crippen molar-refractivity contribution < 1.29 is 9.47 Å². The van der Waals surface area contributed by atoms with Crippen LogP contribution in [0.4, 0.5) is 0 Å². The van der Waals surface area contributed by atoms with Crippen molar-refractivity contribution in [2.24, 2.45) is 0 Å². The average Bonchev–Trinajstić information content (AvgIpc) is 2.92. The van der Waals surface area contributed by atoms with Gasteiger partial charge in [0.15, 0.2) is 11.5 Å². The Bertz CT molecular complexity index is 483. The number of rotatable bonds is 6. The molecule has 0 aliphatic rings. The van der Waals surface area contributed by atoms with Crippen molar-refractivity contribution in [2.75, 3.05) is 13.7 Å². The largest absolute Gasteiger partial charge is 0.493 e. The number of ether oxygens (including phenoxy) is 2. The average molecular weight is 327 g/mol. The molecule has 0 aliphatic heterocycles. The first kappa shape index (κ1) is 13.4. The lowest BCUT2D eigenvalue weighted by atomic mass is 10.2. The van der Waals surface area contributed by atoms with Crippen LogP contribution in [-0.4, -0.2) is 13.7 Å². The van der Waals surface area contributed by atoms with E-state index in [2.05, 4.69) is 33.4 Å². The summed E-state index contributed by atoms with van der Waals surface area (Å²) in [7, 11) is 1.66. The van der Waals surface area contributed by atoms with E-state index in [1.165, 1.54) is 10.4 Å². The Balaban J connectivity index is 1.98. The molecule has 0 radical (unpaired) electrons. The van der Waals surface area contributed by atoms with Gasteiger partial charge in [-0.25, -0.2) is 0 Å². The molecule has 0 aliphatic carbocycles. The van der Waals surface area contributed by atoms with Gasteiger partial charge in [-0.2, -0.15) is 0 Å². The number of methoxy groups -OCH3 is 1. The van der Waals surface area contributed by atoms with E-state index < -0.39 is 0 Å². The Morgan fingerprint density at radius 2 is 2.11 bits per heavy atom. The third-order valence-electron chi connectivity index (χ3n) is 2.57. The van der Waals surface area contributed by atoms with E-state index in [4.69, 9.17) is 9.47 Å². The third kappa shape index (κ3) is 3.50. The maximum Gasteiger partial charge on any atom is 0.161 e. The lowest BCUT2D eigenvalue weighted by molar-refractivity contribution is 0.298. The van der Waals surface area contributed by atoms with Gasteiger partial charge in [0.2, 0.25) is 0 Å². The lowest BCUT2D eigenvalue weighted by Crippen LogP contribution is -2.02. The highest BCUT2D eigenvalue weighted by Gasteiger charge is 2.05. The molecule has 18 heavy (non-hydrogen) atoms. The van der Waals surface area contributed by atoms with Gasteiger partial charge >= 0.3 is 0 Å². The van der Waals surface area contributed by atoms with Gasteiger partial charge in [-0.1, -0.05) is 28.1 Å². The van der Waals surface area contributed by atoms with Crippen molar-refractivity contribution in [3.05, 3.63) is 46.2 Å². The van der Waals surface area contributed by atoms with E-state index in [1.807, 2.05) is 18.2 Å². The van der Waals surface area contributed by atoms with Crippen molar-refractivity contribution in [3.8, 4) is 11.5 Å². The molecule has 96 valence electrons. The molecule has 2 rings (SSSR count). The summed E-state index contributed by atoms with van der Waals surface area (Å²) >= 11 is 5.20. The molecule has 1 aromatic heterocycles. The highest BCUT2D eigenvalue weighted by Crippen LogP contribution is 2.29. The summed E-state index contributed by atoms with van der Waals surface area (Å²) in [5, 5.41) is 2.90. The standard InChI is InChI=1S/C14H15BrO2S/c1-16-13-5-4-11(10-15)9-14(13)17-7-6-12-3-2-8-18-12/h2-5,8-9H,6-7,10H2,1H3. The molecule has 0 fully saturated rings. The summed E-state index contributed by atoms with van der Waals surface area (Å²) in [6.07, 6.45) is 0.930. The van der Waals surface area contributed by atoms with Gasteiger partial charge in [0.05, 0.1) is 13.7 Å². The summed E-state index contributed by atoms with van der Waals surface area (Å²) in [5.41, 5.74) is 1.18. The summed E-state index contributed by atoms with van der Waals surface area (Å²) in [6, 6.07) is 10.2. The van der Waals surface area contributed by atoms with Gasteiger partial charge in [0, 0.05) is 16.6 Å². The summed E-state index contributed by atoms with van der Waals surface area (Å²) < 4.78 is 11.1. The van der Waals surface area contributed by atoms with Crippen LogP contribution in [0.15, 0.2) is 35.7 Å². The molecule has 0 N–H and O–H groups in total. The van der Waals surface area contributed by atoms with Crippen LogP contribution in [0.25, 0.3) is 0 Å². The number of benzene rings is 1. The Kier molecular flexibility index (Phi) is 5.08. The van der Waals surface area contributed by atoms with Crippen molar-refractivity contribution in [1.82, 2.24) is 0 Å². The van der Waals surface area contributed by atoms with E-state index >= 15 is 0 Å². The van der Waals surface area contributed by atoms with Crippen LogP contribution >= 0.6 is 27.3 Å². The Morgan fingerprint density at radius 1 is 1.22 bits per heavy atom. The summed E-state index contributed by atoms with van der Waals surface area (Å²) in [6.45, 7) is 0.669. The molecule has 4 heteroatoms. The molecule has 0 amide bonds. The monoisotopic (exact) mass is 326 g/mol. The van der Waals surface area contributed by atoms with E-state index in [1.54, 1.807) is 18.4 Å². The van der Waals surface area contributed by atoms with Crippen LogP contribution < -0.4 is 9.47 Å². The number of hydrogen-bond acceptors (Lipinski definition) is 3. The van der Waals surface area contributed by atoms with E-state index in [-0.39, 0.29) is 0 Å². The third-order valence-corrected chi connectivity index (χ3v) is 4.15. The Morgan fingerprint density at radius 3 is 2.78 bits per heavy atom. The minimum atomic E-state index is 0.669. The molecule has 2 aromatic rings. The highest BCUT2D eigenvalue weighted by molar-refractivity contribution is 9.08. The van der Waals surface area contributed by atoms with E-state index in [0.29, 0.717) is 6.61 Å². The second-order valence-corrected chi connectivity index (χ2v) is 5.39. The van der Waals surface area contributed by atoms with Gasteiger partial charge in [0.1, 0.15) is 0 Å². The van der Waals surface area contributed by atoms with Crippen LogP contribution in [0.2, 0.25) is 0 Å². The van der Waals surface area contributed by atoms with E-state index in [9.17, 15) is 0 Å². The predicted octanol–water partition coefficient (Wildman–Crippen LogP) is 4.27. The first-order valence-electron chi connectivity index (χ1n) is 5.71. The van der Waals surface area contributed by atoms with Crippen molar-refractivity contribution in [3.63, 3.8) is 0 Å². The van der Waals surface area contributed by atoms with Gasteiger partial charge < -0.3 is 9.47 Å². The second-order valence-electron chi connectivity index (χ2n) is 3.80. The van der Waals surface area contributed by atoms with Crippen molar-refractivity contribution >= 4 is 27.3 Å². The molecular weight excluding hydrogens is 312 g/mol. The zero-order chi connectivity index (χ0) is 12.8. The first-order valence-corrected chi connectivity index (χ1v) is 7.71. The Labute approximate surface area is 120 Å². The zero-order valence-corrected chi connectivity index (χ0v) is 12.6. The molecule has 0 saturated carbocycles. The molecular formula is C14H15BrO2S. The van der Waals surface area contributed by atoms with Crippen molar-refractivity contribution in [1.29, 1.82) is 0 Å². The SMILES string of the molecule is COc1ccc(CBr)cc1OCCc1cccs1. The topological polar surface area (TPSA) is 18.5 Å². The first-order chi connectivity index (χ1) is 8.83. The minimum absolute atomic E-state index is 0.669. The Hall–Kier alpha value is -1.00. The number of hydrogen-bond donors (Lipinski definition) is 0. The maximum absolute atomic E-state index is 5.80. The fourth-order valence-corrected chi connectivity index (χ4v) is 2.67. The molecule has 0 atom stereocenters. The molecule has 1 aromatic carbocycles. The summed E-state index contributed by atoms with van der Waals surface area (Å²) in [4.78, 5) is 1.34. The fourth-order valence-electron chi connectivity index (χ4n) is 1.63. The van der Waals surface area contributed by atoms with Crippen LogP contribution in [0.1, 0.15) is 10.4 Å². The zero-order valence-electron chi connectivity index (χ0n) is 10.2. The van der Waals surface area contributed by atoms with Crippen molar-refractivity contribution in [2.45, 2.75) is 11.8 Å². The molecule has 0 unspecified atom stereocenters. The number of halogens is 1. The van der Waals surface area contributed by atoms with Crippen LogP contribution in [0, 0.1) is 0 Å². The normalized spacial score (nSPS) is 10.3. The molecule has 1 heterocycles. The molecule has 0 spiro atoms. The van der Waals surface area contributed by atoms with Crippen LogP contribution in [0.5, 0.6) is 11.5 Å². The minimum Gasteiger partial charge on any atom is -0.493 e.